The average molecular weight is 470 g/mol. The van der Waals surface area contributed by atoms with Crippen LogP contribution in [-0.2, 0) is 38.2 Å². The molecule has 1 aromatic heterocycles. The minimum Gasteiger partial charge on any atom is -0.466 e. The van der Waals surface area contributed by atoms with Crippen LogP contribution in [-0.4, -0.2) is 60.2 Å². The summed E-state index contributed by atoms with van der Waals surface area (Å²) in [7, 11) is 0. The summed E-state index contributed by atoms with van der Waals surface area (Å²) < 4.78 is 49.8. The quantitative estimate of drug-likeness (QED) is 0.668. The number of pyridine rings is 1. The van der Waals surface area contributed by atoms with Crippen LogP contribution in [0.2, 0.25) is 0 Å². The maximum absolute atomic E-state index is 13.1. The fraction of sp³-hybridized carbons (Fsp3) is 0.696. The number of amides is 1. The first-order valence-electron chi connectivity index (χ1n) is 11.6. The molecule has 4 rings (SSSR count). The molecule has 1 saturated carbocycles. The first kappa shape index (κ1) is 23.9. The second-order valence-electron chi connectivity index (χ2n) is 9.04. The Balaban J connectivity index is 1.35. The van der Waals surface area contributed by atoms with Gasteiger partial charge in [0.05, 0.1) is 24.7 Å². The average Bonchev–Trinajstić information content (AvgIpc) is 3.26. The maximum Gasteiger partial charge on any atom is 0.417 e. The standard InChI is InChI=1S/C23H30F3N3O4/c1-2-33-22(31)18-13-32-8-6-20(18)28-17-4-3-14(10-17)21(30)29-7-5-19-15(12-29)9-16(11-27-19)23(24,25)26/h9,11,14,17-18,20,28H,2-8,10,12-13H2,1H3. The topological polar surface area (TPSA) is 80.8 Å². The Bertz CT molecular complexity index is 879. The summed E-state index contributed by atoms with van der Waals surface area (Å²) in [5.41, 5.74) is 0.312. The number of ether oxygens (including phenoxy) is 2. The lowest BCUT2D eigenvalue weighted by Crippen LogP contribution is -2.50. The number of hydrogen-bond acceptors (Lipinski definition) is 6. The summed E-state index contributed by atoms with van der Waals surface area (Å²) in [5, 5.41) is 3.55. The van der Waals surface area contributed by atoms with E-state index in [4.69, 9.17) is 9.47 Å². The van der Waals surface area contributed by atoms with Gasteiger partial charge in [-0.1, -0.05) is 0 Å². The number of alkyl halides is 3. The largest absolute Gasteiger partial charge is 0.466 e. The van der Waals surface area contributed by atoms with E-state index in [0.29, 0.717) is 63.3 Å². The molecule has 182 valence electrons. The second kappa shape index (κ2) is 9.97. The zero-order valence-corrected chi connectivity index (χ0v) is 18.7. The lowest BCUT2D eigenvalue weighted by atomic mass is 9.94. The highest BCUT2D eigenvalue weighted by molar-refractivity contribution is 5.79. The monoisotopic (exact) mass is 469 g/mol. The van der Waals surface area contributed by atoms with Gasteiger partial charge in [-0.25, -0.2) is 0 Å². The Labute approximate surface area is 191 Å². The number of nitrogens with zero attached hydrogens (tertiary/aromatic N) is 2. The Morgan fingerprint density at radius 1 is 1.30 bits per heavy atom. The number of esters is 1. The molecule has 1 N–H and O–H groups in total. The van der Waals surface area contributed by atoms with Crippen molar-refractivity contribution in [1.29, 1.82) is 0 Å². The number of aromatic nitrogens is 1. The molecule has 1 amide bonds. The Hall–Kier alpha value is -2.20. The van der Waals surface area contributed by atoms with Crippen molar-refractivity contribution in [3.63, 3.8) is 0 Å². The van der Waals surface area contributed by atoms with Crippen molar-refractivity contribution in [2.75, 3.05) is 26.4 Å². The van der Waals surface area contributed by atoms with Gasteiger partial charge in [-0.2, -0.15) is 13.2 Å². The molecule has 1 saturated heterocycles. The van der Waals surface area contributed by atoms with E-state index in [-0.39, 0.29) is 42.3 Å². The van der Waals surface area contributed by atoms with Crippen LogP contribution in [0.25, 0.3) is 0 Å². The van der Waals surface area contributed by atoms with Gasteiger partial charge in [0.15, 0.2) is 0 Å². The van der Waals surface area contributed by atoms with Crippen LogP contribution < -0.4 is 5.32 Å². The molecule has 7 nitrogen and oxygen atoms in total. The Kier molecular flexibility index (Phi) is 7.23. The van der Waals surface area contributed by atoms with Crippen LogP contribution in [0.15, 0.2) is 12.3 Å². The Morgan fingerprint density at radius 2 is 2.12 bits per heavy atom. The van der Waals surface area contributed by atoms with Gasteiger partial charge in [-0.3, -0.25) is 14.6 Å². The molecule has 3 aliphatic rings. The molecule has 2 fully saturated rings. The summed E-state index contributed by atoms with van der Waals surface area (Å²) in [5.74, 6) is -0.818. The van der Waals surface area contributed by atoms with E-state index < -0.39 is 11.7 Å². The molecule has 0 spiro atoms. The third-order valence-electron chi connectivity index (χ3n) is 6.86. The van der Waals surface area contributed by atoms with Crippen molar-refractivity contribution in [1.82, 2.24) is 15.2 Å². The van der Waals surface area contributed by atoms with Gasteiger partial charge in [-0.05, 0) is 44.2 Å². The van der Waals surface area contributed by atoms with Gasteiger partial charge >= 0.3 is 12.1 Å². The van der Waals surface area contributed by atoms with E-state index in [1.165, 1.54) is 0 Å². The van der Waals surface area contributed by atoms with E-state index >= 15 is 0 Å². The molecular weight excluding hydrogens is 439 g/mol. The summed E-state index contributed by atoms with van der Waals surface area (Å²) in [6.07, 6.45) is -0.252. The smallest absolute Gasteiger partial charge is 0.417 e. The van der Waals surface area contributed by atoms with Gasteiger partial charge in [0, 0.05) is 56.0 Å². The SMILES string of the molecule is CCOC(=O)C1COCCC1NC1CCC(C(=O)N2CCc3ncc(C(F)(F)F)cc3C2)C1. The fourth-order valence-corrected chi connectivity index (χ4v) is 5.11. The number of carbonyl (C=O) groups excluding carboxylic acids is 2. The summed E-state index contributed by atoms with van der Waals surface area (Å²) in [6, 6.07) is 1.17. The lowest BCUT2D eigenvalue weighted by Gasteiger charge is -2.33. The number of rotatable bonds is 5. The van der Waals surface area contributed by atoms with Crippen LogP contribution >= 0.6 is 0 Å². The normalized spacial score (nSPS) is 27.8. The molecule has 4 unspecified atom stereocenters. The van der Waals surface area contributed by atoms with Crippen LogP contribution in [0, 0.1) is 11.8 Å². The number of halogens is 3. The molecule has 0 radical (unpaired) electrons. The molecule has 10 heteroatoms. The van der Waals surface area contributed by atoms with E-state index in [1.54, 1.807) is 11.8 Å². The lowest BCUT2D eigenvalue weighted by molar-refractivity contribution is -0.154. The van der Waals surface area contributed by atoms with E-state index in [0.717, 1.165) is 18.7 Å². The number of fused-ring (bicyclic) bond motifs is 1. The first-order chi connectivity index (χ1) is 15.8. The van der Waals surface area contributed by atoms with Gasteiger partial charge in [0.25, 0.3) is 0 Å². The van der Waals surface area contributed by atoms with E-state index in [1.807, 2.05) is 0 Å². The van der Waals surface area contributed by atoms with E-state index in [9.17, 15) is 22.8 Å². The molecule has 33 heavy (non-hydrogen) atoms. The van der Waals surface area contributed by atoms with Crippen LogP contribution in [0.3, 0.4) is 0 Å². The molecule has 0 aromatic carbocycles. The number of carbonyl (C=O) groups is 2. The predicted octanol–water partition coefficient (Wildman–Crippen LogP) is 2.71. The van der Waals surface area contributed by atoms with Crippen molar-refractivity contribution < 1.29 is 32.2 Å². The summed E-state index contributed by atoms with van der Waals surface area (Å²) in [4.78, 5) is 31.1. The number of hydrogen-bond donors (Lipinski definition) is 1. The van der Waals surface area contributed by atoms with Crippen LogP contribution in [0.4, 0.5) is 13.2 Å². The van der Waals surface area contributed by atoms with Gasteiger partial charge in [-0.15, -0.1) is 0 Å². The fourth-order valence-electron chi connectivity index (χ4n) is 5.11. The van der Waals surface area contributed by atoms with Crippen molar-refractivity contribution >= 4 is 11.9 Å². The minimum atomic E-state index is -4.45. The van der Waals surface area contributed by atoms with Crippen molar-refractivity contribution in [3.05, 3.63) is 29.1 Å². The first-order valence-corrected chi connectivity index (χ1v) is 11.6. The summed E-state index contributed by atoms with van der Waals surface area (Å²) in [6.45, 7) is 3.61. The Morgan fingerprint density at radius 3 is 2.88 bits per heavy atom. The molecule has 4 atom stereocenters. The minimum absolute atomic E-state index is 0.0173. The maximum atomic E-state index is 13.1. The van der Waals surface area contributed by atoms with Gasteiger partial charge in [0.1, 0.15) is 0 Å². The van der Waals surface area contributed by atoms with E-state index in [2.05, 4.69) is 10.3 Å². The van der Waals surface area contributed by atoms with Crippen LogP contribution in [0.1, 0.15) is 49.4 Å². The molecular formula is C23H30F3N3O4. The van der Waals surface area contributed by atoms with Gasteiger partial charge < -0.3 is 19.7 Å². The zero-order chi connectivity index (χ0) is 23.6. The molecule has 0 bridgehead atoms. The highest BCUT2D eigenvalue weighted by Gasteiger charge is 2.39. The third-order valence-corrected chi connectivity index (χ3v) is 6.86. The number of nitrogens with one attached hydrogen (secondary N) is 1. The molecule has 2 aliphatic heterocycles. The summed E-state index contributed by atoms with van der Waals surface area (Å²) >= 11 is 0. The highest BCUT2D eigenvalue weighted by Crippen LogP contribution is 2.33. The second-order valence-corrected chi connectivity index (χ2v) is 9.04. The highest BCUT2D eigenvalue weighted by atomic mass is 19.4. The van der Waals surface area contributed by atoms with Crippen LogP contribution in [0.5, 0.6) is 0 Å². The van der Waals surface area contributed by atoms with Gasteiger partial charge in [0.2, 0.25) is 5.91 Å². The van der Waals surface area contributed by atoms with Crippen molar-refractivity contribution in [2.24, 2.45) is 11.8 Å². The third kappa shape index (κ3) is 5.48. The molecule has 3 heterocycles. The van der Waals surface area contributed by atoms with Crippen molar-refractivity contribution in [3.8, 4) is 0 Å². The van der Waals surface area contributed by atoms with Crippen molar-refractivity contribution in [2.45, 2.75) is 63.8 Å². The zero-order valence-electron chi connectivity index (χ0n) is 18.7. The molecule has 1 aromatic rings. The predicted molar refractivity (Wildman–Crippen MR) is 112 cm³/mol. The molecule has 1 aliphatic carbocycles.